The molecule has 4 aliphatic heterocycles. The Balaban J connectivity index is 1.28. The molecular formula is C23H25F3N8O5. The molecule has 4 saturated heterocycles. The predicted molar refractivity (Wildman–Crippen MR) is 125 cm³/mol. The van der Waals surface area contributed by atoms with Gasteiger partial charge in [-0.05, 0) is 30.7 Å². The van der Waals surface area contributed by atoms with Crippen molar-refractivity contribution in [1.29, 1.82) is 10.8 Å². The molecule has 6 atom stereocenters. The molecule has 5 aliphatic rings. The third-order valence-corrected chi connectivity index (χ3v) is 8.34. The van der Waals surface area contributed by atoms with Gasteiger partial charge in [0.2, 0.25) is 11.8 Å². The Kier molecular flexibility index (Phi) is 5.31. The Labute approximate surface area is 219 Å². The second-order valence-corrected chi connectivity index (χ2v) is 10.4. The fourth-order valence-electron chi connectivity index (χ4n) is 6.65. The summed E-state index contributed by atoms with van der Waals surface area (Å²) < 4.78 is 41.3. The Hall–Kier alpha value is -4.08. The number of hydrogen-bond acceptors (Lipinski definition) is 7. The van der Waals surface area contributed by atoms with Crippen LogP contribution in [0, 0.1) is 16.2 Å². The highest BCUT2D eigenvalue weighted by Gasteiger charge is 2.82. The van der Waals surface area contributed by atoms with Crippen molar-refractivity contribution in [1.82, 2.24) is 31.1 Å². The summed E-state index contributed by atoms with van der Waals surface area (Å²) in [5, 5.41) is 40.0. The molecule has 6 rings (SSSR count). The lowest BCUT2D eigenvalue weighted by atomic mass is 9.77. The number of alkyl halides is 3. The molecule has 7 N–H and O–H groups in total. The van der Waals surface area contributed by atoms with E-state index >= 15 is 0 Å². The summed E-state index contributed by atoms with van der Waals surface area (Å²) in [6.45, 7) is 0.0362. The average molecular weight is 550 g/mol. The molecule has 2 spiro atoms. The first-order chi connectivity index (χ1) is 18.4. The van der Waals surface area contributed by atoms with Crippen LogP contribution in [-0.2, 0) is 9.59 Å². The van der Waals surface area contributed by atoms with Gasteiger partial charge >= 0.3 is 6.36 Å². The van der Waals surface area contributed by atoms with Crippen LogP contribution in [0.5, 0.6) is 5.75 Å². The maximum Gasteiger partial charge on any atom is 0.573 e. The number of imide groups is 1. The Bertz CT molecular complexity index is 1280. The Morgan fingerprint density at radius 3 is 2.38 bits per heavy atom. The largest absolute Gasteiger partial charge is 0.573 e. The molecule has 1 aliphatic carbocycles. The number of amides is 3. The summed E-state index contributed by atoms with van der Waals surface area (Å²) in [6, 6.07) is 2.35. The van der Waals surface area contributed by atoms with E-state index in [1.54, 1.807) is 4.90 Å². The van der Waals surface area contributed by atoms with E-state index in [2.05, 4.69) is 26.0 Å². The number of halogens is 3. The molecule has 1 aromatic rings. The van der Waals surface area contributed by atoms with Crippen LogP contribution in [0.4, 0.5) is 13.2 Å². The molecule has 0 aromatic heterocycles. The molecule has 13 nitrogen and oxygen atoms in total. The Morgan fingerprint density at radius 1 is 1.15 bits per heavy atom. The van der Waals surface area contributed by atoms with E-state index in [-0.39, 0.29) is 61.6 Å². The monoisotopic (exact) mass is 550 g/mol. The van der Waals surface area contributed by atoms with Crippen molar-refractivity contribution in [2.75, 3.05) is 13.1 Å². The lowest BCUT2D eigenvalue weighted by molar-refractivity contribution is -0.274. The van der Waals surface area contributed by atoms with E-state index in [1.165, 1.54) is 12.1 Å². The van der Waals surface area contributed by atoms with Gasteiger partial charge in [-0.15, -0.1) is 13.2 Å². The lowest BCUT2D eigenvalue weighted by Crippen LogP contribution is -2.77. The van der Waals surface area contributed by atoms with Crippen LogP contribution < -0.4 is 26.0 Å². The number of likely N-dealkylation sites (tertiary alicyclic amines) is 1. The van der Waals surface area contributed by atoms with Crippen LogP contribution in [0.1, 0.15) is 29.6 Å². The van der Waals surface area contributed by atoms with Crippen LogP contribution in [0.15, 0.2) is 24.3 Å². The molecule has 3 amide bonds. The zero-order valence-corrected chi connectivity index (χ0v) is 20.3. The van der Waals surface area contributed by atoms with Crippen molar-refractivity contribution in [2.45, 2.75) is 55.5 Å². The van der Waals surface area contributed by atoms with Crippen molar-refractivity contribution >= 4 is 29.6 Å². The van der Waals surface area contributed by atoms with Crippen molar-refractivity contribution in [2.24, 2.45) is 5.41 Å². The summed E-state index contributed by atoms with van der Waals surface area (Å²) in [6.07, 6.45) is -5.35. The van der Waals surface area contributed by atoms with Crippen molar-refractivity contribution in [3.63, 3.8) is 0 Å². The molecule has 0 radical (unpaired) electrons. The minimum Gasteiger partial charge on any atom is -0.406 e. The summed E-state index contributed by atoms with van der Waals surface area (Å²) >= 11 is 0. The summed E-state index contributed by atoms with van der Waals surface area (Å²) in [4.78, 5) is 40.5. The zero-order chi connectivity index (χ0) is 27.9. The van der Waals surface area contributed by atoms with Gasteiger partial charge in [0.1, 0.15) is 11.4 Å². The van der Waals surface area contributed by atoms with E-state index < -0.39 is 53.3 Å². The smallest absolute Gasteiger partial charge is 0.406 e. The van der Waals surface area contributed by atoms with Gasteiger partial charge < -0.3 is 36.0 Å². The number of aliphatic hydroxyl groups is 1. The molecule has 39 heavy (non-hydrogen) atoms. The third-order valence-electron chi connectivity index (χ3n) is 8.34. The topological polar surface area (TPSA) is 183 Å². The maximum absolute atomic E-state index is 13.1. The first kappa shape index (κ1) is 25.2. The maximum atomic E-state index is 13.1. The highest BCUT2D eigenvalue weighted by Crippen LogP contribution is 2.64. The SMILES string of the molecule is N=C1N[C@H]2[C@H](CN3C(=O)CCC3=O)NC(=N)N3CC(NC(=O)c4ccc(OC(F)(F)F)cc4)[C@]4(CC4O)C23N1. The number of ether oxygens (including phenoxy) is 1. The molecule has 5 fully saturated rings. The quantitative estimate of drug-likeness (QED) is 0.226. The van der Waals surface area contributed by atoms with Crippen LogP contribution in [0.2, 0.25) is 0 Å². The highest BCUT2D eigenvalue weighted by molar-refractivity contribution is 6.02. The van der Waals surface area contributed by atoms with Gasteiger partial charge in [-0.3, -0.25) is 30.1 Å². The molecule has 3 unspecified atom stereocenters. The molecule has 1 aromatic carbocycles. The van der Waals surface area contributed by atoms with Gasteiger partial charge in [-0.1, -0.05) is 0 Å². The Morgan fingerprint density at radius 2 is 1.79 bits per heavy atom. The van der Waals surface area contributed by atoms with E-state index in [4.69, 9.17) is 10.8 Å². The predicted octanol–water partition coefficient (Wildman–Crippen LogP) is -1.00. The molecule has 16 heteroatoms. The molecule has 4 heterocycles. The first-order valence-corrected chi connectivity index (χ1v) is 12.3. The van der Waals surface area contributed by atoms with E-state index in [9.17, 15) is 32.7 Å². The number of aliphatic hydroxyl groups excluding tert-OH is 1. The van der Waals surface area contributed by atoms with Crippen molar-refractivity contribution in [3.8, 4) is 5.75 Å². The van der Waals surface area contributed by atoms with Gasteiger partial charge in [0.15, 0.2) is 11.9 Å². The third kappa shape index (κ3) is 3.68. The number of hydrogen-bond donors (Lipinski definition) is 7. The van der Waals surface area contributed by atoms with E-state index in [1.807, 2.05) is 0 Å². The summed E-state index contributed by atoms with van der Waals surface area (Å²) in [5.74, 6) is -1.87. The molecule has 1 saturated carbocycles. The molecular weight excluding hydrogens is 525 g/mol. The summed E-state index contributed by atoms with van der Waals surface area (Å²) in [5.41, 5.74) is -2.21. The van der Waals surface area contributed by atoms with E-state index in [0.717, 1.165) is 17.0 Å². The van der Waals surface area contributed by atoms with Gasteiger partial charge in [-0.25, -0.2) is 0 Å². The number of nitrogens with one attached hydrogen (secondary N) is 6. The normalized spacial score (nSPS) is 34.9. The fourth-order valence-corrected chi connectivity index (χ4v) is 6.65. The number of benzene rings is 1. The second kappa shape index (κ2) is 8.21. The van der Waals surface area contributed by atoms with Crippen LogP contribution in [0.25, 0.3) is 0 Å². The minimum atomic E-state index is -4.87. The van der Waals surface area contributed by atoms with E-state index in [0.29, 0.717) is 0 Å². The second-order valence-electron chi connectivity index (χ2n) is 10.4. The highest BCUT2D eigenvalue weighted by atomic mass is 19.4. The number of nitrogens with zero attached hydrogens (tertiary/aromatic N) is 2. The minimum absolute atomic E-state index is 0.0438. The van der Waals surface area contributed by atoms with Crippen LogP contribution in [0.3, 0.4) is 0 Å². The van der Waals surface area contributed by atoms with Crippen LogP contribution in [-0.4, -0.2) is 93.9 Å². The van der Waals surface area contributed by atoms with Crippen molar-refractivity contribution in [3.05, 3.63) is 29.8 Å². The molecule has 208 valence electrons. The van der Waals surface area contributed by atoms with Crippen LogP contribution >= 0.6 is 0 Å². The molecule has 0 bridgehead atoms. The first-order valence-electron chi connectivity index (χ1n) is 12.3. The number of carbonyl (C=O) groups excluding carboxylic acids is 3. The van der Waals surface area contributed by atoms with Gasteiger partial charge in [0.25, 0.3) is 5.91 Å². The average Bonchev–Trinajstić information content (AvgIpc) is 3.10. The summed E-state index contributed by atoms with van der Waals surface area (Å²) in [7, 11) is 0. The number of guanidine groups is 2. The van der Waals surface area contributed by atoms with Gasteiger partial charge in [0, 0.05) is 24.9 Å². The van der Waals surface area contributed by atoms with Gasteiger partial charge in [-0.2, -0.15) is 0 Å². The fraction of sp³-hybridized carbons (Fsp3) is 0.522. The lowest BCUT2D eigenvalue weighted by Gasteiger charge is -2.51. The zero-order valence-electron chi connectivity index (χ0n) is 20.3. The standard InChI is InChI=1S/C23H25F3N8O5/c24-23(25,26)39-11-3-1-10(2-4-11)18(38)30-13-9-34-20(28)29-12(8-33-15(36)5-6-16(33)37)17-22(34,32-19(27)31-17)21(13)7-14(21)35/h1-4,12-14,17,35H,5-9H2,(H2,28,29)(H,30,38)(H3,27,31,32)/t12-,13?,14?,17-,21-,22?/m0/s1. The van der Waals surface area contributed by atoms with Crippen molar-refractivity contribution < 1.29 is 37.4 Å². The number of rotatable bonds is 5. The number of carbonyl (C=O) groups is 3. The van der Waals surface area contributed by atoms with Gasteiger partial charge in [0.05, 0.1) is 36.2 Å².